The number of likely N-dealkylation sites (tertiary alicyclic amines) is 1. The lowest BCUT2D eigenvalue weighted by Crippen LogP contribution is -2.35. The predicted molar refractivity (Wildman–Crippen MR) is 79.3 cm³/mol. The van der Waals surface area contributed by atoms with E-state index in [1.54, 1.807) is 6.07 Å². The molecule has 5 nitrogen and oxygen atoms in total. The maximum atomic E-state index is 12.7. The molecule has 3 N–H and O–H groups in total. The summed E-state index contributed by atoms with van der Waals surface area (Å²) >= 11 is 0. The maximum absolute atomic E-state index is 12.7. The van der Waals surface area contributed by atoms with Crippen LogP contribution in [0.3, 0.4) is 0 Å². The van der Waals surface area contributed by atoms with Gasteiger partial charge in [-0.3, -0.25) is 4.79 Å². The fourth-order valence-electron chi connectivity index (χ4n) is 2.69. The summed E-state index contributed by atoms with van der Waals surface area (Å²) in [5, 5.41) is 0.877. The molecule has 20 heavy (non-hydrogen) atoms. The monoisotopic (exact) mass is 270 g/mol. The van der Waals surface area contributed by atoms with Crippen LogP contribution in [0.1, 0.15) is 29.6 Å². The van der Waals surface area contributed by atoms with Crippen molar-refractivity contribution in [2.24, 2.45) is 5.84 Å². The van der Waals surface area contributed by atoms with E-state index in [-0.39, 0.29) is 5.91 Å². The number of piperidine rings is 1. The number of benzene rings is 1. The summed E-state index contributed by atoms with van der Waals surface area (Å²) in [4.78, 5) is 19.0. The van der Waals surface area contributed by atoms with Crippen molar-refractivity contribution in [1.29, 1.82) is 0 Å². The van der Waals surface area contributed by atoms with Crippen molar-refractivity contribution in [3.63, 3.8) is 0 Å². The van der Waals surface area contributed by atoms with Crippen molar-refractivity contribution in [2.45, 2.75) is 19.3 Å². The smallest absolute Gasteiger partial charge is 0.254 e. The standard InChI is InChI=1S/C15H18N4O/c16-18-14-10-12(11-6-2-3-7-13(11)17-14)15(20)19-8-4-1-5-9-19/h2-3,6-7,10H,1,4-5,8-9,16H2,(H,17,18). The molecule has 1 aromatic heterocycles. The lowest BCUT2D eigenvalue weighted by molar-refractivity contribution is 0.0726. The first kappa shape index (κ1) is 12.9. The van der Waals surface area contributed by atoms with Crippen LogP contribution in [-0.2, 0) is 0 Å². The third-order valence-electron chi connectivity index (χ3n) is 3.74. The molecule has 0 saturated carbocycles. The van der Waals surface area contributed by atoms with E-state index in [9.17, 15) is 4.79 Å². The van der Waals surface area contributed by atoms with Crippen LogP contribution in [0, 0.1) is 0 Å². The number of para-hydroxylation sites is 1. The number of rotatable bonds is 2. The van der Waals surface area contributed by atoms with E-state index >= 15 is 0 Å². The van der Waals surface area contributed by atoms with E-state index in [2.05, 4.69) is 10.4 Å². The van der Waals surface area contributed by atoms with Crippen LogP contribution in [0.15, 0.2) is 30.3 Å². The fourth-order valence-corrected chi connectivity index (χ4v) is 2.69. The highest BCUT2D eigenvalue weighted by atomic mass is 16.2. The van der Waals surface area contributed by atoms with Gasteiger partial charge in [0.25, 0.3) is 5.91 Å². The largest absolute Gasteiger partial charge is 0.339 e. The predicted octanol–water partition coefficient (Wildman–Crippen LogP) is 2.15. The second kappa shape index (κ2) is 5.46. The number of nitrogens with two attached hydrogens (primary N) is 1. The van der Waals surface area contributed by atoms with Gasteiger partial charge in [-0.05, 0) is 31.4 Å². The van der Waals surface area contributed by atoms with Gasteiger partial charge in [-0.15, -0.1) is 0 Å². The highest BCUT2D eigenvalue weighted by Crippen LogP contribution is 2.23. The molecule has 1 fully saturated rings. The molecule has 0 radical (unpaired) electrons. The number of pyridine rings is 1. The van der Waals surface area contributed by atoms with Crippen LogP contribution in [0.25, 0.3) is 10.9 Å². The van der Waals surface area contributed by atoms with Crippen LogP contribution in [0.5, 0.6) is 0 Å². The Morgan fingerprint density at radius 2 is 1.95 bits per heavy atom. The minimum Gasteiger partial charge on any atom is -0.339 e. The number of anilines is 1. The summed E-state index contributed by atoms with van der Waals surface area (Å²) in [5.74, 6) is 6.04. The van der Waals surface area contributed by atoms with Crippen LogP contribution in [0.2, 0.25) is 0 Å². The number of fused-ring (bicyclic) bond motifs is 1. The van der Waals surface area contributed by atoms with E-state index in [0.29, 0.717) is 11.4 Å². The molecule has 3 rings (SSSR count). The molecule has 0 spiro atoms. The zero-order valence-corrected chi connectivity index (χ0v) is 11.3. The number of aromatic nitrogens is 1. The molecule has 1 aliphatic rings. The summed E-state index contributed by atoms with van der Waals surface area (Å²) in [6.07, 6.45) is 3.37. The Morgan fingerprint density at radius 1 is 1.20 bits per heavy atom. The van der Waals surface area contributed by atoms with Crippen molar-refractivity contribution >= 4 is 22.6 Å². The molecule has 0 aliphatic carbocycles. The van der Waals surface area contributed by atoms with Crippen LogP contribution < -0.4 is 11.3 Å². The van der Waals surface area contributed by atoms with Gasteiger partial charge in [-0.1, -0.05) is 18.2 Å². The molecule has 1 amide bonds. The van der Waals surface area contributed by atoms with Gasteiger partial charge < -0.3 is 10.3 Å². The average Bonchev–Trinajstić information content (AvgIpc) is 2.54. The van der Waals surface area contributed by atoms with Crippen molar-refractivity contribution < 1.29 is 4.79 Å². The summed E-state index contributed by atoms with van der Waals surface area (Å²) in [6.45, 7) is 1.67. The summed E-state index contributed by atoms with van der Waals surface area (Å²) in [6, 6.07) is 9.39. The van der Waals surface area contributed by atoms with Crippen LogP contribution >= 0.6 is 0 Å². The Bertz CT molecular complexity index is 635. The third kappa shape index (κ3) is 2.32. The quantitative estimate of drug-likeness (QED) is 0.648. The van der Waals surface area contributed by atoms with E-state index in [4.69, 9.17) is 5.84 Å². The number of carbonyl (C=O) groups excluding carboxylic acids is 1. The van der Waals surface area contributed by atoms with Gasteiger partial charge >= 0.3 is 0 Å². The Hall–Kier alpha value is -2.14. The SMILES string of the molecule is NNc1cc(C(=O)N2CCCCC2)c2ccccc2n1. The molecule has 1 saturated heterocycles. The van der Waals surface area contributed by atoms with Gasteiger partial charge in [0, 0.05) is 18.5 Å². The average molecular weight is 270 g/mol. The third-order valence-corrected chi connectivity index (χ3v) is 3.74. The number of hydrogen-bond acceptors (Lipinski definition) is 4. The number of nitrogen functional groups attached to an aromatic ring is 1. The molecule has 0 bridgehead atoms. The number of hydrogen-bond donors (Lipinski definition) is 2. The van der Waals surface area contributed by atoms with Crippen LogP contribution in [0.4, 0.5) is 5.82 Å². The van der Waals surface area contributed by atoms with E-state index in [1.165, 1.54) is 6.42 Å². The van der Waals surface area contributed by atoms with Gasteiger partial charge in [-0.2, -0.15) is 0 Å². The minimum absolute atomic E-state index is 0.0693. The zero-order chi connectivity index (χ0) is 13.9. The second-order valence-corrected chi connectivity index (χ2v) is 5.07. The molecule has 104 valence electrons. The fraction of sp³-hybridized carbons (Fsp3) is 0.333. The van der Waals surface area contributed by atoms with Crippen LogP contribution in [-0.4, -0.2) is 28.9 Å². The molecule has 0 unspecified atom stereocenters. The van der Waals surface area contributed by atoms with E-state index in [0.717, 1.165) is 36.8 Å². The van der Waals surface area contributed by atoms with Crippen molar-refractivity contribution in [3.05, 3.63) is 35.9 Å². The van der Waals surface area contributed by atoms with Gasteiger partial charge in [0.05, 0.1) is 11.1 Å². The Kier molecular flexibility index (Phi) is 3.52. The lowest BCUT2D eigenvalue weighted by Gasteiger charge is -2.27. The minimum atomic E-state index is 0.0693. The maximum Gasteiger partial charge on any atom is 0.254 e. The number of carbonyl (C=O) groups is 1. The number of hydrazine groups is 1. The van der Waals surface area contributed by atoms with E-state index < -0.39 is 0 Å². The number of nitrogens with one attached hydrogen (secondary N) is 1. The second-order valence-electron chi connectivity index (χ2n) is 5.07. The topological polar surface area (TPSA) is 71.2 Å². The first-order chi connectivity index (χ1) is 9.79. The summed E-state index contributed by atoms with van der Waals surface area (Å²) in [5.41, 5.74) is 3.99. The first-order valence-electron chi connectivity index (χ1n) is 6.95. The Morgan fingerprint density at radius 3 is 2.70 bits per heavy atom. The highest BCUT2D eigenvalue weighted by Gasteiger charge is 2.20. The molecule has 1 aromatic carbocycles. The van der Waals surface area contributed by atoms with Gasteiger partial charge in [0.15, 0.2) is 0 Å². The number of amides is 1. The number of nitrogens with zero attached hydrogens (tertiary/aromatic N) is 2. The van der Waals surface area contributed by atoms with Gasteiger partial charge in [-0.25, -0.2) is 10.8 Å². The molecule has 2 heterocycles. The summed E-state index contributed by atoms with van der Waals surface area (Å²) < 4.78 is 0. The Balaban J connectivity index is 2.06. The normalized spacial score (nSPS) is 15.3. The van der Waals surface area contributed by atoms with Gasteiger partial charge in [0.2, 0.25) is 0 Å². The molecule has 0 atom stereocenters. The van der Waals surface area contributed by atoms with Crippen molar-refractivity contribution in [3.8, 4) is 0 Å². The van der Waals surface area contributed by atoms with Crippen molar-refractivity contribution in [1.82, 2.24) is 9.88 Å². The molecular formula is C15H18N4O. The van der Waals surface area contributed by atoms with Crippen molar-refractivity contribution in [2.75, 3.05) is 18.5 Å². The summed E-state index contributed by atoms with van der Waals surface area (Å²) in [7, 11) is 0. The first-order valence-corrected chi connectivity index (χ1v) is 6.95. The lowest BCUT2D eigenvalue weighted by atomic mass is 10.1. The zero-order valence-electron chi connectivity index (χ0n) is 11.3. The Labute approximate surface area is 117 Å². The molecular weight excluding hydrogens is 252 g/mol. The molecule has 5 heteroatoms. The van der Waals surface area contributed by atoms with Gasteiger partial charge in [0.1, 0.15) is 5.82 Å². The molecule has 2 aromatic rings. The van der Waals surface area contributed by atoms with E-state index in [1.807, 2.05) is 29.2 Å². The molecule has 1 aliphatic heterocycles. The highest BCUT2D eigenvalue weighted by molar-refractivity contribution is 6.07.